The lowest BCUT2D eigenvalue weighted by atomic mass is 10.1. The molecule has 9 nitrogen and oxygen atoms in total. The average molecular weight is 391 g/mol. The highest BCUT2D eigenvalue weighted by Crippen LogP contribution is 2.33. The van der Waals surface area contributed by atoms with Gasteiger partial charge in [-0.1, -0.05) is 16.6 Å². The Labute approximate surface area is 155 Å². The summed E-state index contributed by atoms with van der Waals surface area (Å²) in [5.41, 5.74) is 1.36. The third kappa shape index (κ3) is 3.42. The predicted molar refractivity (Wildman–Crippen MR) is 96.9 cm³/mol. The molecule has 1 aliphatic heterocycles. The SMILES string of the molecule is CON(C)S(=O)(=O)c1cccc(C(=O)N2CCc3ccc([N+](=O)[O-])cc32)c1. The second-order valence-electron chi connectivity index (χ2n) is 5.90. The zero-order valence-corrected chi connectivity index (χ0v) is 15.5. The van der Waals surface area contributed by atoms with E-state index in [0.717, 1.165) is 5.56 Å². The lowest BCUT2D eigenvalue weighted by Gasteiger charge is -2.18. The first-order valence-electron chi connectivity index (χ1n) is 7.98. The molecular formula is C17H17N3O6S. The van der Waals surface area contributed by atoms with Crippen LogP contribution in [0.4, 0.5) is 11.4 Å². The van der Waals surface area contributed by atoms with Crippen LogP contribution in [-0.4, -0.2) is 44.4 Å². The van der Waals surface area contributed by atoms with E-state index in [2.05, 4.69) is 0 Å². The highest BCUT2D eigenvalue weighted by atomic mass is 32.2. The van der Waals surface area contributed by atoms with Gasteiger partial charge in [0.2, 0.25) is 0 Å². The van der Waals surface area contributed by atoms with Crippen molar-refractivity contribution in [3.63, 3.8) is 0 Å². The summed E-state index contributed by atoms with van der Waals surface area (Å²) in [6.07, 6.45) is 0.573. The standard InChI is InChI=1S/C17H17N3O6S/c1-18(26-2)27(24,25)15-5-3-4-13(10-15)17(21)19-9-8-12-6-7-14(20(22)23)11-16(12)19/h3-7,10-11H,8-9H2,1-2H3. The Hall–Kier alpha value is -2.82. The van der Waals surface area contributed by atoms with Crippen LogP contribution in [0.15, 0.2) is 47.4 Å². The number of carbonyl (C=O) groups is 1. The van der Waals surface area contributed by atoms with Crippen LogP contribution in [0.1, 0.15) is 15.9 Å². The normalized spacial score (nSPS) is 13.7. The summed E-state index contributed by atoms with van der Waals surface area (Å²) < 4.78 is 25.5. The van der Waals surface area contributed by atoms with Crippen molar-refractivity contribution in [2.45, 2.75) is 11.3 Å². The maximum atomic E-state index is 12.9. The number of nitro groups is 1. The number of nitrogens with zero attached hydrogens (tertiary/aromatic N) is 3. The van der Waals surface area contributed by atoms with E-state index in [1.165, 1.54) is 55.5 Å². The number of hydrogen-bond acceptors (Lipinski definition) is 6. The smallest absolute Gasteiger partial charge is 0.271 e. The second kappa shape index (κ2) is 7.06. The molecule has 1 heterocycles. The molecule has 3 rings (SSSR count). The highest BCUT2D eigenvalue weighted by Gasteiger charge is 2.29. The summed E-state index contributed by atoms with van der Waals surface area (Å²) in [6.45, 7) is 0.365. The lowest BCUT2D eigenvalue weighted by molar-refractivity contribution is -0.384. The van der Waals surface area contributed by atoms with Gasteiger partial charge in [0.15, 0.2) is 0 Å². The van der Waals surface area contributed by atoms with Gasteiger partial charge in [-0.3, -0.25) is 19.7 Å². The molecular weight excluding hydrogens is 374 g/mol. The van der Waals surface area contributed by atoms with Gasteiger partial charge in [-0.05, 0) is 30.2 Å². The van der Waals surface area contributed by atoms with Crippen LogP contribution < -0.4 is 4.90 Å². The number of amides is 1. The highest BCUT2D eigenvalue weighted by molar-refractivity contribution is 7.89. The van der Waals surface area contributed by atoms with Gasteiger partial charge < -0.3 is 4.90 Å². The van der Waals surface area contributed by atoms with E-state index in [1.807, 2.05) is 0 Å². The largest absolute Gasteiger partial charge is 0.307 e. The first-order valence-corrected chi connectivity index (χ1v) is 9.42. The van der Waals surface area contributed by atoms with Gasteiger partial charge in [0, 0.05) is 31.3 Å². The molecule has 2 aromatic carbocycles. The fourth-order valence-corrected chi connectivity index (χ4v) is 3.90. The first-order chi connectivity index (χ1) is 12.8. The fourth-order valence-electron chi connectivity index (χ4n) is 2.88. The van der Waals surface area contributed by atoms with Crippen molar-refractivity contribution in [3.8, 4) is 0 Å². The number of fused-ring (bicyclic) bond motifs is 1. The third-order valence-electron chi connectivity index (χ3n) is 4.39. The number of carbonyl (C=O) groups excluding carboxylic acids is 1. The third-order valence-corrected chi connectivity index (χ3v) is 6.07. The molecule has 0 fully saturated rings. The maximum Gasteiger partial charge on any atom is 0.271 e. The Kier molecular flexibility index (Phi) is 4.96. The van der Waals surface area contributed by atoms with Crippen LogP contribution in [0.25, 0.3) is 0 Å². The molecule has 0 atom stereocenters. The Morgan fingerprint density at radius 2 is 2.00 bits per heavy atom. The molecule has 1 aliphatic rings. The van der Waals surface area contributed by atoms with Gasteiger partial charge in [0.25, 0.3) is 21.6 Å². The quantitative estimate of drug-likeness (QED) is 0.569. The van der Waals surface area contributed by atoms with Crippen molar-refractivity contribution in [2.24, 2.45) is 0 Å². The molecule has 0 N–H and O–H groups in total. The molecule has 142 valence electrons. The molecule has 0 spiro atoms. The number of hydrogen-bond donors (Lipinski definition) is 0. The number of nitro benzene ring substituents is 1. The Bertz CT molecular complexity index is 1020. The summed E-state index contributed by atoms with van der Waals surface area (Å²) in [6, 6.07) is 10.00. The minimum atomic E-state index is -3.90. The van der Waals surface area contributed by atoms with E-state index in [4.69, 9.17) is 4.84 Å². The number of benzene rings is 2. The van der Waals surface area contributed by atoms with E-state index < -0.39 is 20.9 Å². The van der Waals surface area contributed by atoms with Gasteiger partial charge in [-0.15, -0.1) is 0 Å². The van der Waals surface area contributed by atoms with E-state index in [-0.39, 0.29) is 16.1 Å². The van der Waals surface area contributed by atoms with Gasteiger partial charge in [-0.2, -0.15) is 0 Å². The van der Waals surface area contributed by atoms with Gasteiger partial charge in [0.05, 0.1) is 22.6 Å². The molecule has 0 radical (unpaired) electrons. The number of rotatable bonds is 5. The molecule has 10 heteroatoms. The monoisotopic (exact) mass is 391 g/mol. The summed E-state index contributed by atoms with van der Waals surface area (Å²) in [4.78, 5) is 29.5. The van der Waals surface area contributed by atoms with Gasteiger partial charge >= 0.3 is 0 Å². The maximum absolute atomic E-state index is 12.9. The summed E-state index contributed by atoms with van der Waals surface area (Å²) in [5.74, 6) is -0.425. The molecule has 0 bridgehead atoms. The van der Waals surface area contributed by atoms with Crippen LogP contribution in [0.2, 0.25) is 0 Å². The fraction of sp³-hybridized carbons (Fsp3) is 0.235. The molecule has 2 aromatic rings. The molecule has 1 amide bonds. The topological polar surface area (TPSA) is 110 Å². The minimum Gasteiger partial charge on any atom is -0.307 e. The molecule has 0 saturated heterocycles. The van der Waals surface area contributed by atoms with E-state index in [9.17, 15) is 23.3 Å². The van der Waals surface area contributed by atoms with Crippen molar-refractivity contribution in [1.82, 2.24) is 4.47 Å². The molecule has 0 aliphatic carbocycles. The molecule has 0 unspecified atom stereocenters. The van der Waals surface area contributed by atoms with Crippen LogP contribution in [-0.2, 0) is 21.3 Å². The zero-order valence-electron chi connectivity index (χ0n) is 14.7. The van der Waals surface area contributed by atoms with Crippen LogP contribution in [0.5, 0.6) is 0 Å². The van der Waals surface area contributed by atoms with Crippen molar-refractivity contribution < 1.29 is 23.0 Å². The van der Waals surface area contributed by atoms with E-state index in [0.29, 0.717) is 23.1 Å². The van der Waals surface area contributed by atoms with Crippen molar-refractivity contribution in [1.29, 1.82) is 0 Å². The Balaban J connectivity index is 1.97. The van der Waals surface area contributed by atoms with Crippen molar-refractivity contribution >= 4 is 27.3 Å². The molecule has 0 saturated carbocycles. The number of non-ortho nitro benzene ring substituents is 1. The van der Waals surface area contributed by atoms with Crippen LogP contribution >= 0.6 is 0 Å². The molecule has 0 aromatic heterocycles. The van der Waals surface area contributed by atoms with Crippen LogP contribution in [0, 0.1) is 10.1 Å². The average Bonchev–Trinajstić information content (AvgIpc) is 3.09. The predicted octanol–water partition coefficient (Wildman–Crippen LogP) is 1.98. The minimum absolute atomic E-state index is 0.0869. The number of hydroxylamine groups is 1. The first kappa shape index (κ1) is 19.0. The van der Waals surface area contributed by atoms with Gasteiger partial charge in [0.1, 0.15) is 0 Å². The number of sulfonamides is 1. The lowest BCUT2D eigenvalue weighted by Crippen LogP contribution is -2.30. The Morgan fingerprint density at radius 1 is 1.26 bits per heavy atom. The van der Waals surface area contributed by atoms with Crippen molar-refractivity contribution in [2.75, 3.05) is 25.6 Å². The van der Waals surface area contributed by atoms with E-state index in [1.54, 1.807) is 6.07 Å². The van der Waals surface area contributed by atoms with Gasteiger partial charge in [-0.25, -0.2) is 8.42 Å². The summed E-state index contributed by atoms with van der Waals surface area (Å²) >= 11 is 0. The molecule has 27 heavy (non-hydrogen) atoms. The van der Waals surface area contributed by atoms with E-state index >= 15 is 0 Å². The van der Waals surface area contributed by atoms with Crippen LogP contribution in [0.3, 0.4) is 0 Å². The zero-order chi connectivity index (χ0) is 19.8. The number of anilines is 1. The second-order valence-corrected chi connectivity index (χ2v) is 7.84. The summed E-state index contributed by atoms with van der Waals surface area (Å²) in [7, 11) is -1.42. The summed E-state index contributed by atoms with van der Waals surface area (Å²) in [5, 5.41) is 11.0. The Morgan fingerprint density at radius 3 is 2.67 bits per heavy atom. The van der Waals surface area contributed by atoms with Crippen molar-refractivity contribution in [3.05, 3.63) is 63.7 Å².